The van der Waals surface area contributed by atoms with E-state index in [-0.39, 0.29) is 0 Å². The number of hydrogen-bond acceptors (Lipinski definition) is 8. The molecule has 0 unspecified atom stereocenters. The zero-order chi connectivity index (χ0) is 19.3. The van der Waals surface area contributed by atoms with Crippen molar-refractivity contribution in [3.05, 3.63) is 41.4 Å². The molecule has 4 aromatic rings. The fourth-order valence-electron chi connectivity index (χ4n) is 3.77. The average molecular weight is 379 g/mol. The standard InChI is InChI=1S/C19H21N7O2/c1-11-21-13-10-25(8-6-14(13)28-11)9-7-16-22-18-12-4-3-5-15(27-2)17(12)23-19(20)26(18)24-16/h3-5H,6-10H2,1-2H3,(H2,20,23). The largest absolute Gasteiger partial charge is 0.494 e. The molecule has 3 aromatic heterocycles. The third-order valence-corrected chi connectivity index (χ3v) is 5.12. The number of nitrogen functional groups attached to an aromatic ring is 1. The van der Waals surface area contributed by atoms with E-state index in [0.717, 1.165) is 61.0 Å². The number of aryl methyl sites for hydroxylation is 1. The first kappa shape index (κ1) is 16.9. The molecule has 4 heterocycles. The lowest BCUT2D eigenvalue weighted by Crippen LogP contribution is -2.32. The number of methoxy groups -OCH3 is 1. The molecule has 144 valence electrons. The summed E-state index contributed by atoms with van der Waals surface area (Å²) in [5, 5.41) is 5.44. The van der Waals surface area contributed by atoms with Crippen molar-refractivity contribution in [2.24, 2.45) is 0 Å². The van der Waals surface area contributed by atoms with Gasteiger partial charge >= 0.3 is 0 Å². The monoisotopic (exact) mass is 379 g/mol. The van der Waals surface area contributed by atoms with Gasteiger partial charge in [0, 0.05) is 44.8 Å². The molecule has 1 aromatic carbocycles. The Bertz CT molecular complexity index is 1180. The Hall–Kier alpha value is -3.20. The minimum absolute atomic E-state index is 0.298. The summed E-state index contributed by atoms with van der Waals surface area (Å²) in [5.74, 6) is 3.46. The minimum atomic E-state index is 0.298. The summed E-state index contributed by atoms with van der Waals surface area (Å²) < 4.78 is 12.6. The van der Waals surface area contributed by atoms with Gasteiger partial charge in [0.05, 0.1) is 12.8 Å². The Kier molecular flexibility index (Phi) is 3.90. The number of anilines is 1. The number of aromatic nitrogens is 5. The smallest absolute Gasteiger partial charge is 0.223 e. The van der Waals surface area contributed by atoms with Gasteiger partial charge in [-0.05, 0) is 12.1 Å². The fraction of sp³-hybridized carbons (Fsp3) is 0.368. The van der Waals surface area contributed by atoms with E-state index in [2.05, 4.69) is 20.0 Å². The van der Waals surface area contributed by atoms with Gasteiger partial charge in [0.1, 0.15) is 17.0 Å². The van der Waals surface area contributed by atoms with Crippen LogP contribution in [0.3, 0.4) is 0 Å². The van der Waals surface area contributed by atoms with Crippen molar-refractivity contribution in [3.8, 4) is 5.75 Å². The lowest BCUT2D eigenvalue weighted by Gasteiger charge is -2.24. The number of oxazole rings is 1. The van der Waals surface area contributed by atoms with E-state index in [9.17, 15) is 0 Å². The maximum absolute atomic E-state index is 6.12. The third kappa shape index (κ3) is 2.75. The SMILES string of the molecule is COc1cccc2c1nc(N)n1nc(CCN3CCc4oc(C)nc4C3)nc21. The Morgan fingerprint density at radius 3 is 3.00 bits per heavy atom. The van der Waals surface area contributed by atoms with Crippen LogP contribution in [0.2, 0.25) is 0 Å². The Balaban J connectivity index is 1.41. The maximum atomic E-state index is 6.12. The molecule has 0 atom stereocenters. The molecule has 28 heavy (non-hydrogen) atoms. The number of para-hydroxylation sites is 1. The highest BCUT2D eigenvalue weighted by Gasteiger charge is 2.22. The normalized spacial score (nSPS) is 14.6. The second-order valence-corrected chi connectivity index (χ2v) is 6.97. The summed E-state index contributed by atoms with van der Waals surface area (Å²) >= 11 is 0. The van der Waals surface area contributed by atoms with Gasteiger partial charge in [-0.25, -0.2) is 15.0 Å². The predicted molar refractivity (Wildman–Crippen MR) is 103 cm³/mol. The predicted octanol–water partition coefficient (Wildman–Crippen LogP) is 1.77. The Morgan fingerprint density at radius 2 is 2.14 bits per heavy atom. The second kappa shape index (κ2) is 6.45. The van der Waals surface area contributed by atoms with Gasteiger partial charge in [-0.15, -0.1) is 5.10 Å². The fourth-order valence-corrected chi connectivity index (χ4v) is 3.77. The number of hydrogen-bond donors (Lipinski definition) is 1. The van der Waals surface area contributed by atoms with Crippen LogP contribution >= 0.6 is 0 Å². The van der Waals surface area contributed by atoms with Crippen LogP contribution in [-0.2, 0) is 19.4 Å². The molecule has 0 saturated carbocycles. The quantitative estimate of drug-likeness (QED) is 0.572. The van der Waals surface area contributed by atoms with Crippen LogP contribution in [-0.4, -0.2) is 49.7 Å². The summed E-state index contributed by atoms with van der Waals surface area (Å²) in [6.07, 6.45) is 1.61. The molecule has 2 N–H and O–H groups in total. The van der Waals surface area contributed by atoms with Gasteiger partial charge in [0.25, 0.3) is 0 Å². The third-order valence-electron chi connectivity index (χ3n) is 5.12. The van der Waals surface area contributed by atoms with Gasteiger partial charge in [-0.1, -0.05) is 6.07 Å². The van der Waals surface area contributed by atoms with Crippen molar-refractivity contribution in [2.45, 2.75) is 26.3 Å². The number of ether oxygens (including phenoxy) is 1. The molecule has 9 heteroatoms. The van der Waals surface area contributed by atoms with E-state index in [0.29, 0.717) is 22.9 Å². The van der Waals surface area contributed by atoms with Crippen molar-refractivity contribution in [3.63, 3.8) is 0 Å². The van der Waals surface area contributed by atoms with E-state index < -0.39 is 0 Å². The van der Waals surface area contributed by atoms with Crippen molar-refractivity contribution in [1.29, 1.82) is 0 Å². The minimum Gasteiger partial charge on any atom is -0.494 e. The molecule has 9 nitrogen and oxygen atoms in total. The first-order valence-corrected chi connectivity index (χ1v) is 9.28. The first-order valence-electron chi connectivity index (χ1n) is 9.28. The maximum Gasteiger partial charge on any atom is 0.223 e. The second-order valence-electron chi connectivity index (χ2n) is 6.97. The molecule has 0 fully saturated rings. The van der Waals surface area contributed by atoms with E-state index in [4.69, 9.17) is 19.9 Å². The molecule has 0 saturated heterocycles. The number of nitrogens with two attached hydrogens (primary N) is 1. The van der Waals surface area contributed by atoms with E-state index >= 15 is 0 Å². The number of rotatable bonds is 4. The van der Waals surface area contributed by atoms with Crippen LogP contribution in [0.15, 0.2) is 22.6 Å². The van der Waals surface area contributed by atoms with Crippen LogP contribution in [0, 0.1) is 6.92 Å². The molecule has 0 amide bonds. The van der Waals surface area contributed by atoms with Gasteiger partial charge < -0.3 is 14.9 Å². The molecule has 0 spiro atoms. The van der Waals surface area contributed by atoms with Crippen molar-refractivity contribution < 1.29 is 9.15 Å². The lowest BCUT2D eigenvalue weighted by atomic mass is 10.1. The van der Waals surface area contributed by atoms with E-state index in [1.54, 1.807) is 11.6 Å². The molecule has 1 aliphatic rings. The van der Waals surface area contributed by atoms with Crippen LogP contribution in [0.25, 0.3) is 16.6 Å². The Morgan fingerprint density at radius 1 is 1.25 bits per heavy atom. The lowest BCUT2D eigenvalue weighted by molar-refractivity contribution is 0.241. The van der Waals surface area contributed by atoms with E-state index in [1.807, 2.05) is 25.1 Å². The van der Waals surface area contributed by atoms with Crippen molar-refractivity contribution in [2.75, 3.05) is 25.9 Å². The highest BCUT2D eigenvalue weighted by Crippen LogP contribution is 2.27. The van der Waals surface area contributed by atoms with Crippen LogP contribution in [0.5, 0.6) is 5.75 Å². The summed E-state index contributed by atoms with van der Waals surface area (Å²) in [6.45, 7) is 4.47. The molecule has 0 aliphatic carbocycles. The topological polar surface area (TPSA) is 108 Å². The highest BCUT2D eigenvalue weighted by molar-refractivity contribution is 5.95. The molecule has 0 bridgehead atoms. The molecule has 5 rings (SSSR count). The number of fused-ring (bicyclic) bond motifs is 4. The van der Waals surface area contributed by atoms with Crippen molar-refractivity contribution in [1.82, 2.24) is 29.5 Å². The van der Waals surface area contributed by atoms with Crippen LogP contribution in [0.1, 0.15) is 23.2 Å². The molecular formula is C19H21N7O2. The van der Waals surface area contributed by atoms with E-state index in [1.165, 1.54) is 0 Å². The Labute approximate surface area is 161 Å². The highest BCUT2D eigenvalue weighted by atomic mass is 16.5. The summed E-state index contributed by atoms with van der Waals surface area (Å²) in [6, 6.07) is 5.73. The summed E-state index contributed by atoms with van der Waals surface area (Å²) in [5.41, 5.74) is 8.55. The molecule has 1 aliphatic heterocycles. The number of benzene rings is 1. The van der Waals surface area contributed by atoms with Gasteiger partial charge in [0.15, 0.2) is 17.4 Å². The first-order chi connectivity index (χ1) is 13.6. The number of nitrogens with zero attached hydrogens (tertiary/aromatic N) is 6. The van der Waals surface area contributed by atoms with Crippen LogP contribution in [0.4, 0.5) is 5.95 Å². The summed E-state index contributed by atoms with van der Waals surface area (Å²) in [4.78, 5) is 16.0. The van der Waals surface area contributed by atoms with Gasteiger partial charge in [-0.2, -0.15) is 4.52 Å². The van der Waals surface area contributed by atoms with Gasteiger partial charge in [0.2, 0.25) is 5.95 Å². The molecular weight excluding hydrogens is 358 g/mol. The summed E-state index contributed by atoms with van der Waals surface area (Å²) in [7, 11) is 1.62. The zero-order valence-electron chi connectivity index (χ0n) is 15.8. The van der Waals surface area contributed by atoms with Crippen LogP contribution < -0.4 is 10.5 Å². The zero-order valence-corrected chi connectivity index (χ0v) is 15.8. The molecule has 0 radical (unpaired) electrons. The average Bonchev–Trinajstić information content (AvgIpc) is 3.28. The van der Waals surface area contributed by atoms with Crippen molar-refractivity contribution >= 4 is 22.5 Å². The van der Waals surface area contributed by atoms with Gasteiger partial charge in [-0.3, -0.25) is 4.90 Å².